The molecule has 2 rings (SSSR count). The molecule has 0 amide bonds. The van der Waals surface area contributed by atoms with E-state index >= 15 is 0 Å². The number of thiazole rings is 1. The fourth-order valence-corrected chi connectivity index (χ4v) is 4.15. The van der Waals surface area contributed by atoms with Crippen molar-refractivity contribution < 1.29 is 0 Å². The summed E-state index contributed by atoms with van der Waals surface area (Å²) in [6, 6.07) is 0. The zero-order valence-corrected chi connectivity index (χ0v) is 18.7. The van der Waals surface area contributed by atoms with E-state index in [1.807, 2.05) is 7.05 Å². The number of nitrogens with one attached hydrogen (secondary N) is 1. The molecule has 0 spiro atoms. The van der Waals surface area contributed by atoms with Gasteiger partial charge in [-0.15, -0.1) is 35.3 Å². The second-order valence-corrected chi connectivity index (χ2v) is 7.99. The van der Waals surface area contributed by atoms with E-state index in [1.165, 1.54) is 30.7 Å². The van der Waals surface area contributed by atoms with E-state index in [2.05, 4.69) is 46.3 Å². The molecule has 0 aliphatic carbocycles. The molecular weight excluding hydrogens is 431 g/mol. The summed E-state index contributed by atoms with van der Waals surface area (Å²) in [6.07, 6.45) is 6.09. The highest BCUT2D eigenvalue weighted by Crippen LogP contribution is 2.23. The molecule has 1 saturated heterocycles. The average Bonchev–Trinajstić information content (AvgIpc) is 3.11. The Hall–Kier alpha value is -0.370. The van der Waals surface area contributed by atoms with Crippen LogP contribution in [0.1, 0.15) is 50.2 Å². The first-order valence-corrected chi connectivity index (χ1v) is 9.83. The Morgan fingerprint density at radius 2 is 2.25 bits per heavy atom. The number of hydrogen-bond donors (Lipinski definition) is 1. The van der Waals surface area contributed by atoms with Crippen molar-refractivity contribution in [2.24, 2.45) is 16.8 Å². The number of likely N-dealkylation sites (tertiary alicyclic amines) is 1. The molecule has 0 aromatic carbocycles. The first-order valence-electron chi connectivity index (χ1n) is 8.95. The summed E-state index contributed by atoms with van der Waals surface area (Å²) in [4.78, 5) is 11.4. The highest BCUT2D eigenvalue weighted by Gasteiger charge is 2.25. The Kier molecular flexibility index (Phi) is 10.2. The molecule has 0 radical (unpaired) electrons. The van der Waals surface area contributed by atoms with Crippen LogP contribution >= 0.6 is 35.3 Å². The summed E-state index contributed by atoms with van der Waals surface area (Å²) in [6.45, 7) is 10.0. The van der Waals surface area contributed by atoms with Crippen LogP contribution in [0.4, 0.5) is 0 Å². The van der Waals surface area contributed by atoms with E-state index in [4.69, 9.17) is 0 Å². The van der Waals surface area contributed by atoms with Gasteiger partial charge in [0.2, 0.25) is 0 Å². The van der Waals surface area contributed by atoms with E-state index in [0.29, 0.717) is 0 Å². The van der Waals surface area contributed by atoms with Gasteiger partial charge in [0.1, 0.15) is 0 Å². The van der Waals surface area contributed by atoms with Crippen molar-refractivity contribution in [3.05, 3.63) is 16.1 Å². The van der Waals surface area contributed by atoms with Crippen molar-refractivity contribution in [1.29, 1.82) is 0 Å². The van der Waals surface area contributed by atoms with Crippen molar-refractivity contribution in [3.8, 4) is 0 Å². The number of hydrogen-bond acceptors (Lipinski definition) is 3. The highest BCUT2D eigenvalue weighted by atomic mass is 127. The van der Waals surface area contributed by atoms with Crippen LogP contribution in [0.25, 0.3) is 0 Å². The van der Waals surface area contributed by atoms with Crippen LogP contribution < -0.4 is 5.32 Å². The highest BCUT2D eigenvalue weighted by molar-refractivity contribution is 14.0. The zero-order valence-electron chi connectivity index (χ0n) is 15.5. The van der Waals surface area contributed by atoms with Crippen molar-refractivity contribution >= 4 is 41.3 Å². The number of unbranched alkanes of at least 4 members (excludes halogenated alkanes) is 1. The van der Waals surface area contributed by atoms with Crippen LogP contribution in [-0.2, 0) is 6.42 Å². The zero-order chi connectivity index (χ0) is 16.7. The molecule has 6 heteroatoms. The fraction of sp³-hybridized carbons (Fsp3) is 0.778. The summed E-state index contributed by atoms with van der Waals surface area (Å²) >= 11 is 1.78. The van der Waals surface area contributed by atoms with Crippen LogP contribution in [-0.4, -0.2) is 42.5 Å². The molecule has 1 aliphatic rings. The number of rotatable bonds is 7. The fourth-order valence-electron chi connectivity index (χ4n) is 3.34. The molecule has 1 N–H and O–H groups in total. The molecule has 2 heterocycles. The topological polar surface area (TPSA) is 40.5 Å². The number of aryl methyl sites for hydroxylation is 2. The minimum absolute atomic E-state index is 0. The van der Waals surface area contributed by atoms with Crippen LogP contribution in [0.3, 0.4) is 0 Å². The van der Waals surface area contributed by atoms with E-state index in [-0.39, 0.29) is 24.0 Å². The largest absolute Gasteiger partial charge is 0.356 e. The van der Waals surface area contributed by atoms with E-state index in [0.717, 1.165) is 49.5 Å². The third-order valence-corrected chi connectivity index (χ3v) is 5.40. The molecule has 138 valence electrons. The molecule has 1 fully saturated rings. The first-order chi connectivity index (χ1) is 11.1. The lowest BCUT2D eigenvalue weighted by atomic mass is 9.97. The number of nitrogens with zero attached hydrogens (tertiary/aromatic N) is 3. The quantitative estimate of drug-likeness (QED) is 0.283. The normalized spacial score (nSPS) is 18.1. The minimum Gasteiger partial charge on any atom is -0.356 e. The third kappa shape index (κ3) is 7.25. The van der Waals surface area contributed by atoms with Gasteiger partial charge in [0.05, 0.1) is 5.01 Å². The van der Waals surface area contributed by atoms with Crippen LogP contribution in [0.2, 0.25) is 0 Å². The molecule has 1 unspecified atom stereocenters. The Bertz CT molecular complexity index is 501. The number of halogens is 1. The lowest BCUT2D eigenvalue weighted by molar-refractivity contribution is 0.403. The molecule has 24 heavy (non-hydrogen) atoms. The van der Waals surface area contributed by atoms with Gasteiger partial charge in [0, 0.05) is 37.8 Å². The van der Waals surface area contributed by atoms with Gasteiger partial charge in [0.15, 0.2) is 5.96 Å². The second kappa shape index (κ2) is 11.3. The first kappa shape index (κ1) is 21.7. The van der Waals surface area contributed by atoms with Gasteiger partial charge in [-0.3, -0.25) is 4.99 Å². The smallest absolute Gasteiger partial charge is 0.193 e. The van der Waals surface area contributed by atoms with Crippen molar-refractivity contribution in [1.82, 2.24) is 15.2 Å². The second-order valence-electron chi connectivity index (χ2n) is 7.04. The van der Waals surface area contributed by atoms with Gasteiger partial charge in [0.25, 0.3) is 0 Å². The maximum atomic E-state index is 4.52. The van der Waals surface area contributed by atoms with E-state index < -0.39 is 0 Å². The van der Waals surface area contributed by atoms with Crippen molar-refractivity contribution in [2.45, 2.75) is 52.9 Å². The Balaban J connectivity index is 0.00000288. The molecular formula is C18H33IN4S. The average molecular weight is 464 g/mol. The standard InChI is InChI=1S/C18H32N4S.HI/c1-14(2)11-16-8-10-22(12-16)18(19-4)20-9-6-5-7-17-21-15(3)13-23-17;/h13-14,16H,5-12H2,1-4H3,(H,19,20);1H. The summed E-state index contributed by atoms with van der Waals surface area (Å²) in [5.74, 6) is 2.72. The molecule has 0 saturated carbocycles. The summed E-state index contributed by atoms with van der Waals surface area (Å²) in [7, 11) is 1.90. The SMILES string of the molecule is CN=C(NCCCCc1nc(C)cs1)N1CCC(CC(C)C)C1.I. The summed E-state index contributed by atoms with van der Waals surface area (Å²) in [5.41, 5.74) is 1.15. The monoisotopic (exact) mass is 464 g/mol. The Labute approximate surface area is 168 Å². The van der Waals surface area contributed by atoms with Crippen molar-refractivity contribution in [3.63, 3.8) is 0 Å². The van der Waals surface area contributed by atoms with Gasteiger partial charge in [-0.1, -0.05) is 13.8 Å². The molecule has 1 atom stereocenters. The number of guanidine groups is 1. The molecule has 1 aromatic heterocycles. The minimum atomic E-state index is 0. The lowest BCUT2D eigenvalue weighted by Gasteiger charge is -2.22. The van der Waals surface area contributed by atoms with Crippen LogP contribution in [0.5, 0.6) is 0 Å². The molecule has 1 aliphatic heterocycles. The molecule has 1 aromatic rings. The maximum Gasteiger partial charge on any atom is 0.193 e. The van der Waals surface area contributed by atoms with Gasteiger partial charge < -0.3 is 10.2 Å². The van der Waals surface area contributed by atoms with Gasteiger partial charge in [-0.2, -0.15) is 0 Å². The lowest BCUT2D eigenvalue weighted by Crippen LogP contribution is -2.40. The number of aliphatic imine (C=N–C) groups is 1. The number of aromatic nitrogens is 1. The summed E-state index contributed by atoms with van der Waals surface area (Å²) in [5, 5.41) is 6.94. The van der Waals surface area contributed by atoms with Gasteiger partial charge in [-0.05, 0) is 50.9 Å². The van der Waals surface area contributed by atoms with Gasteiger partial charge >= 0.3 is 0 Å². The predicted octanol–water partition coefficient (Wildman–Crippen LogP) is 4.34. The molecule has 0 bridgehead atoms. The van der Waals surface area contributed by atoms with E-state index in [9.17, 15) is 0 Å². The van der Waals surface area contributed by atoms with Crippen LogP contribution in [0.15, 0.2) is 10.4 Å². The van der Waals surface area contributed by atoms with Crippen molar-refractivity contribution in [2.75, 3.05) is 26.7 Å². The predicted molar refractivity (Wildman–Crippen MR) is 116 cm³/mol. The van der Waals surface area contributed by atoms with Gasteiger partial charge in [-0.25, -0.2) is 4.98 Å². The Morgan fingerprint density at radius 1 is 1.46 bits per heavy atom. The maximum absolute atomic E-state index is 4.52. The summed E-state index contributed by atoms with van der Waals surface area (Å²) < 4.78 is 0. The third-order valence-electron chi connectivity index (χ3n) is 4.37. The molecule has 4 nitrogen and oxygen atoms in total. The van der Waals surface area contributed by atoms with Crippen LogP contribution in [0, 0.1) is 18.8 Å². The Morgan fingerprint density at radius 3 is 2.88 bits per heavy atom. The van der Waals surface area contributed by atoms with E-state index in [1.54, 1.807) is 11.3 Å².